The highest BCUT2D eigenvalue weighted by atomic mass is 16.5. The molecule has 1 amide bonds. The monoisotopic (exact) mass is 301 g/mol. The molecule has 2 aliphatic heterocycles. The molecule has 4 heterocycles. The Morgan fingerprint density at radius 3 is 2.91 bits per heavy atom. The van der Waals surface area contributed by atoms with E-state index >= 15 is 0 Å². The Balaban J connectivity index is 1.36. The fourth-order valence-corrected chi connectivity index (χ4v) is 3.14. The summed E-state index contributed by atoms with van der Waals surface area (Å²) in [5, 5.41) is 8.24. The molecule has 7 heteroatoms. The zero-order valence-electron chi connectivity index (χ0n) is 12.6. The molecule has 0 atom stereocenters. The standard InChI is InChI=1S/C15H19N5O2/c1-11-12(5-17-22-11)7-18-8-14(9-18)20-10-13(6-16-20)19-4-2-3-15(19)21/h5-6,10,14H,2-4,7-9H2,1H3. The lowest BCUT2D eigenvalue weighted by Gasteiger charge is -2.39. The molecule has 116 valence electrons. The van der Waals surface area contributed by atoms with Gasteiger partial charge in [-0.15, -0.1) is 0 Å². The summed E-state index contributed by atoms with van der Waals surface area (Å²) in [6, 6.07) is 0.381. The van der Waals surface area contributed by atoms with E-state index in [2.05, 4.69) is 15.2 Å². The maximum absolute atomic E-state index is 11.8. The van der Waals surface area contributed by atoms with E-state index in [1.54, 1.807) is 12.4 Å². The molecular weight excluding hydrogens is 282 g/mol. The number of anilines is 1. The van der Waals surface area contributed by atoms with Crippen LogP contribution in [0, 0.1) is 6.92 Å². The zero-order valence-corrected chi connectivity index (χ0v) is 12.6. The van der Waals surface area contributed by atoms with Gasteiger partial charge in [0.1, 0.15) is 5.76 Å². The summed E-state index contributed by atoms with van der Waals surface area (Å²) in [4.78, 5) is 15.9. The Kier molecular flexibility index (Phi) is 3.22. The van der Waals surface area contributed by atoms with E-state index in [-0.39, 0.29) is 5.91 Å². The molecule has 2 aliphatic rings. The second-order valence-electron chi connectivity index (χ2n) is 6.08. The number of hydrogen-bond acceptors (Lipinski definition) is 5. The van der Waals surface area contributed by atoms with Gasteiger partial charge in [-0.2, -0.15) is 5.10 Å². The van der Waals surface area contributed by atoms with Crippen LogP contribution in [-0.2, 0) is 11.3 Å². The maximum atomic E-state index is 11.8. The number of likely N-dealkylation sites (tertiary alicyclic amines) is 1. The first kappa shape index (κ1) is 13.5. The number of aromatic nitrogens is 3. The van der Waals surface area contributed by atoms with E-state index in [4.69, 9.17) is 4.52 Å². The number of carbonyl (C=O) groups is 1. The van der Waals surface area contributed by atoms with Gasteiger partial charge in [-0.3, -0.25) is 14.4 Å². The summed E-state index contributed by atoms with van der Waals surface area (Å²) in [6.45, 7) is 5.53. The van der Waals surface area contributed by atoms with Crippen molar-refractivity contribution in [1.82, 2.24) is 19.8 Å². The minimum Gasteiger partial charge on any atom is -0.361 e. The Labute approximate surface area is 128 Å². The molecule has 2 fully saturated rings. The van der Waals surface area contributed by atoms with Crippen LogP contribution in [0.1, 0.15) is 30.2 Å². The van der Waals surface area contributed by atoms with Crippen molar-refractivity contribution in [3.63, 3.8) is 0 Å². The predicted molar refractivity (Wildman–Crippen MR) is 79.4 cm³/mol. The van der Waals surface area contributed by atoms with Crippen LogP contribution in [0.15, 0.2) is 23.1 Å². The van der Waals surface area contributed by atoms with Gasteiger partial charge in [0.15, 0.2) is 0 Å². The Morgan fingerprint density at radius 1 is 1.36 bits per heavy atom. The van der Waals surface area contributed by atoms with Gasteiger partial charge >= 0.3 is 0 Å². The fraction of sp³-hybridized carbons (Fsp3) is 0.533. The first-order valence-corrected chi connectivity index (χ1v) is 7.68. The summed E-state index contributed by atoms with van der Waals surface area (Å²) >= 11 is 0. The summed E-state index contributed by atoms with van der Waals surface area (Å²) in [5.41, 5.74) is 2.07. The van der Waals surface area contributed by atoms with Crippen molar-refractivity contribution in [2.24, 2.45) is 0 Å². The molecule has 2 aromatic rings. The molecule has 0 N–H and O–H groups in total. The maximum Gasteiger partial charge on any atom is 0.227 e. The molecule has 4 rings (SSSR count). The zero-order chi connectivity index (χ0) is 15.1. The average Bonchev–Trinajstić information content (AvgIpc) is 3.15. The molecule has 7 nitrogen and oxygen atoms in total. The van der Waals surface area contributed by atoms with Crippen molar-refractivity contribution < 1.29 is 9.32 Å². The van der Waals surface area contributed by atoms with Crippen LogP contribution in [0.2, 0.25) is 0 Å². The van der Waals surface area contributed by atoms with Crippen molar-refractivity contribution in [3.05, 3.63) is 29.9 Å². The predicted octanol–water partition coefficient (Wildman–Crippen LogP) is 1.36. The number of aryl methyl sites for hydroxylation is 1. The van der Waals surface area contributed by atoms with Crippen LogP contribution in [0.3, 0.4) is 0 Å². The number of carbonyl (C=O) groups excluding carboxylic acids is 1. The Morgan fingerprint density at radius 2 is 2.23 bits per heavy atom. The van der Waals surface area contributed by atoms with E-state index in [0.717, 1.165) is 49.6 Å². The molecule has 0 unspecified atom stereocenters. The molecule has 0 radical (unpaired) electrons. The lowest BCUT2D eigenvalue weighted by atomic mass is 10.1. The van der Waals surface area contributed by atoms with Gasteiger partial charge in [0.25, 0.3) is 0 Å². The van der Waals surface area contributed by atoms with Crippen molar-refractivity contribution in [2.45, 2.75) is 32.4 Å². The summed E-state index contributed by atoms with van der Waals surface area (Å²) in [7, 11) is 0. The number of nitrogens with zero attached hydrogens (tertiary/aromatic N) is 5. The van der Waals surface area contributed by atoms with E-state index in [1.807, 2.05) is 22.7 Å². The first-order valence-electron chi connectivity index (χ1n) is 7.68. The molecule has 0 saturated carbocycles. The SMILES string of the molecule is Cc1oncc1CN1CC(n2cc(N3CCCC3=O)cn2)C1. The second kappa shape index (κ2) is 5.24. The highest BCUT2D eigenvalue weighted by Crippen LogP contribution is 2.27. The molecule has 2 aromatic heterocycles. The van der Waals surface area contributed by atoms with Crippen molar-refractivity contribution in [1.29, 1.82) is 0 Å². The minimum absolute atomic E-state index is 0.206. The van der Waals surface area contributed by atoms with Gasteiger partial charge in [0, 0.05) is 44.4 Å². The van der Waals surface area contributed by atoms with Gasteiger partial charge in [-0.1, -0.05) is 5.16 Å². The van der Waals surface area contributed by atoms with E-state index in [0.29, 0.717) is 12.5 Å². The van der Waals surface area contributed by atoms with Crippen LogP contribution in [-0.4, -0.2) is 45.4 Å². The number of hydrogen-bond donors (Lipinski definition) is 0. The molecular formula is C15H19N5O2. The van der Waals surface area contributed by atoms with Gasteiger partial charge in [0.2, 0.25) is 5.91 Å². The van der Waals surface area contributed by atoms with Gasteiger partial charge in [-0.25, -0.2) is 0 Å². The third-order valence-corrected chi connectivity index (χ3v) is 4.53. The fourth-order valence-electron chi connectivity index (χ4n) is 3.14. The van der Waals surface area contributed by atoms with E-state index < -0.39 is 0 Å². The molecule has 2 saturated heterocycles. The summed E-state index contributed by atoms with van der Waals surface area (Å²) in [6.07, 6.45) is 7.18. The van der Waals surface area contributed by atoms with Crippen molar-refractivity contribution in [2.75, 3.05) is 24.5 Å². The quantitative estimate of drug-likeness (QED) is 0.853. The number of rotatable bonds is 4. The highest BCUT2D eigenvalue weighted by Gasteiger charge is 2.30. The Bertz CT molecular complexity index is 686. The lowest BCUT2D eigenvalue weighted by molar-refractivity contribution is -0.117. The largest absolute Gasteiger partial charge is 0.361 e. The van der Waals surface area contributed by atoms with Crippen molar-refractivity contribution >= 4 is 11.6 Å². The van der Waals surface area contributed by atoms with Gasteiger partial charge in [0.05, 0.1) is 24.1 Å². The molecule has 0 aromatic carbocycles. The third kappa shape index (κ3) is 2.31. The molecule has 0 aliphatic carbocycles. The summed E-state index contributed by atoms with van der Waals surface area (Å²) in [5.74, 6) is 1.09. The topological polar surface area (TPSA) is 67.4 Å². The van der Waals surface area contributed by atoms with Crippen LogP contribution < -0.4 is 4.90 Å². The third-order valence-electron chi connectivity index (χ3n) is 4.53. The van der Waals surface area contributed by atoms with Crippen LogP contribution in [0.5, 0.6) is 0 Å². The average molecular weight is 301 g/mol. The van der Waals surface area contributed by atoms with Crippen LogP contribution in [0.25, 0.3) is 0 Å². The van der Waals surface area contributed by atoms with E-state index in [9.17, 15) is 4.79 Å². The first-order chi connectivity index (χ1) is 10.7. The second-order valence-corrected chi connectivity index (χ2v) is 6.08. The minimum atomic E-state index is 0.206. The van der Waals surface area contributed by atoms with Gasteiger partial charge < -0.3 is 9.42 Å². The van der Waals surface area contributed by atoms with Gasteiger partial charge in [-0.05, 0) is 13.3 Å². The molecule has 22 heavy (non-hydrogen) atoms. The van der Waals surface area contributed by atoms with E-state index in [1.165, 1.54) is 0 Å². The normalized spacial score (nSPS) is 19.9. The van der Waals surface area contributed by atoms with Crippen molar-refractivity contribution in [3.8, 4) is 0 Å². The molecule has 0 spiro atoms. The molecule has 0 bridgehead atoms. The van der Waals surface area contributed by atoms with Crippen LogP contribution >= 0.6 is 0 Å². The smallest absolute Gasteiger partial charge is 0.227 e. The Hall–Kier alpha value is -2.15. The lowest BCUT2D eigenvalue weighted by Crippen LogP contribution is -2.47. The summed E-state index contributed by atoms with van der Waals surface area (Å²) < 4.78 is 7.07. The highest BCUT2D eigenvalue weighted by molar-refractivity contribution is 5.95. The number of amides is 1. The van der Waals surface area contributed by atoms with Crippen LogP contribution in [0.4, 0.5) is 5.69 Å².